The number of ether oxygens (including phenoxy) is 2. The van der Waals surface area contributed by atoms with Gasteiger partial charge in [-0.2, -0.15) is 5.26 Å². The lowest BCUT2D eigenvalue weighted by Gasteiger charge is -2.34. The number of carbonyl (C=O) groups is 1. The summed E-state index contributed by atoms with van der Waals surface area (Å²) in [6, 6.07) is 14.0. The number of benzene rings is 1. The first-order valence-electron chi connectivity index (χ1n) is 15.8. The highest BCUT2D eigenvalue weighted by atomic mass is 16.5. The van der Waals surface area contributed by atoms with Crippen LogP contribution < -0.4 is 9.47 Å². The van der Waals surface area contributed by atoms with E-state index in [0.717, 1.165) is 50.0 Å². The number of hydrogen-bond donors (Lipinski definition) is 0. The summed E-state index contributed by atoms with van der Waals surface area (Å²) in [6.07, 6.45) is 18.7. The van der Waals surface area contributed by atoms with Gasteiger partial charge in [0.25, 0.3) is 0 Å². The molecule has 0 unspecified atom stereocenters. The van der Waals surface area contributed by atoms with Gasteiger partial charge in [-0.15, -0.1) is 10.2 Å². The molecule has 0 amide bonds. The summed E-state index contributed by atoms with van der Waals surface area (Å²) in [5.41, 5.74) is 1.37. The third-order valence-electron chi connectivity index (χ3n) is 8.28. The van der Waals surface area contributed by atoms with Gasteiger partial charge in [-0.05, 0) is 68.9 Å². The number of nitriles is 1. The molecule has 1 aromatic heterocycles. The third-order valence-corrected chi connectivity index (χ3v) is 8.28. The molecule has 6 nitrogen and oxygen atoms in total. The first kappa shape index (κ1) is 31.6. The minimum Gasteiger partial charge on any atom is -0.494 e. The van der Waals surface area contributed by atoms with Crippen LogP contribution in [-0.4, -0.2) is 22.8 Å². The number of rotatable bonds is 18. The fourth-order valence-corrected chi connectivity index (χ4v) is 5.58. The Kier molecular flexibility index (Phi) is 14.0. The van der Waals surface area contributed by atoms with Gasteiger partial charge in [0.15, 0.2) is 0 Å². The predicted octanol–water partition coefficient (Wildman–Crippen LogP) is 9.24. The van der Waals surface area contributed by atoms with Crippen molar-refractivity contribution in [3.05, 3.63) is 36.4 Å². The first-order chi connectivity index (χ1) is 19.6. The maximum absolute atomic E-state index is 12.8. The van der Waals surface area contributed by atoms with Crippen molar-refractivity contribution in [2.45, 2.75) is 123 Å². The first-order valence-corrected chi connectivity index (χ1v) is 15.8. The Morgan fingerprint density at radius 2 is 1.48 bits per heavy atom. The summed E-state index contributed by atoms with van der Waals surface area (Å²) in [5, 5.41) is 18.3. The lowest BCUT2D eigenvalue weighted by Crippen LogP contribution is -2.31. The molecular weight excluding hydrogens is 498 g/mol. The monoisotopic (exact) mass is 547 g/mol. The highest BCUT2D eigenvalue weighted by molar-refractivity contribution is 5.75. The van der Waals surface area contributed by atoms with Crippen molar-refractivity contribution in [2.24, 2.45) is 11.3 Å². The Morgan fingerprint density at radius 3 is 2.08 bits per heavy atom. The zero-order valence-electron chi connectivity index (χ0n) is 24.8. The van der Waals surface area contributed by atoms with Crippen LogP contribution in [0, 0.1) is 22.7 Å². The van der Waals surface area contributed by atoms with Crippen LogP contribution in [0.2, 0.25) is 0 Å². The predicted molar refractivity (Wildman–Crippen MR) is 160 cm³/mol. The van der Waals surface area contributed by atoms with E-state index < -0.39 is 0 Å². The Labute approximate surface area is 241 Å². The van der Waals surface area contributed by atoms with Gasteiger partial charge < -0.3 is 9.47 Å². The molecule has 1 aromatic carbocycles. The Bertz CT molecular complexity index is 1020. The molecule has 0 aliphatic heterocycles. The molecule has 0 radical (unpaired) electrons. The summed E-state index contributed by atoms with van der Waals surface area (Å²) >= 11 is 0. The van der Waals surface area contributed by atoms with E-state index in [0.29, 0.717) is 18.5 Å². The molecule has 3 rings (SSSR count). The molecule has 2 aromatic rings. The summed E-state index contributed by atoms with van der Waals surface area (Å²) in [6.45, 7) is 5.20. The zero-order valence-corrected chi connectivity index (χ0v) is 24.8. The number of unbranched alkanes of at least 4 members (excludes halogenated alkanes) is 10. The fraction of sp³-hybridized carbons (Fsp3) is 0.647. The van der Waals surface area contributed by atoms with E-state index in [9.17, 15) is 10.1 Å². The smallest absolute Gasteiger partial charge is 0.315 e. The van der Waals surface area contributed by atoms with E-state index in [1.807, 2.05) is 30.3 Å². The molecule has 1 aliphatic rings. The standard InChI is InChI=1S/C34H49N3O3/c1-3-5-7-9-10-12-14-26-39-30-17-15-28(16-18-30)31-19-20-32(37-36-31)40-33(38)29-21-24-34(27-35,25-22-29)23-13-11-8-6-4-2/h15-20,29H,3-14,21-26H2,1-2H3. The van der Waals surface area contributed by atoms with Gasteiger partial charge in [-0.25, -0.2) is 0 Å². The van der Waals surface area contributed by atoms with Crippen molar-refractivity contribution in [1.82, 2.24) is 10.2 Å². The number of esters is 1. The Morgan fingerprint density at radius 1 is 0.850 bits per heavy atom. The molecule has 0 atom stereocenters. The summed E-state index contributed by atoms with van der Waals surface area (Å²) in [4.78, 5) is 12.8. The van der Waals surface area contributed by atoms with Gasteiger partial charge >= 0.3 is 5.97 Å². The van der Waals surface area contributed by atoms with E-state index in [4.69, 9.17) is 9.47 Å². The van der Waals surface area contributed by atoms with Gasteiger partial charge in [0.05, 0.1) is 29.7 Å². The Hall–Kier alpha value is -2.94. The molecule has 0 saturated heterocycles. The van der Waals surface area contributed by atoms with Gasteiger partial charge in [-0.3, -0.25) is 4.79 Å². The van der Waals surface area contributed by atoms with Crippen LogP contribution in [0.5, 0.6) is 11.6 Å². The van der Waals surface area contributed by atoms with Crippen molar-refractivity contribution in [3.63, 3.8) is 0 Å². The summed E-state index contributed by atoms with van der Waals surface area (Å²) in [5.74, 6) is 0.629. The van der Waals surface area contributed by atoms with E-state index in [2.05, 4.69) is 30.1 Å². The molecular formula is C34H49N3O3. The maximum Gasteiger partial charge on any atom is 0.315 e. The van der Waals surface area contributed by atoms with E-state index in [-0.39, 0.29) is 23.2 Å². The SMILES string of the molecule is CCCCCCCCCOc1ccc(-c2ccc(OC(=O)C3CCC(C#N)(CCCCCCC)CC3)nn2)cc1. The van der Waals surface area contributed by atoms with Crippen molar-refractivity contribution >= 4 is 5.97 Å². The molecule has 1 fully saturated rings. The van der Waals surface area contributed by atoms with Crippen LogP contribution in [0.1, 0.15) is 123 Å². The highest BCUT2D eigenvalue weighted by Gasteiger charge is 2.38. The highest BCUT2D eigenvalue weighted by Crippen LogP contribution is 2.42. The molecule has 218 valence electrons. The van der Waals surface area contributed by atoms with Crippen LogP contribution in [0.3, 0.4) is 0 Å². The second kappa shape index (κ2) is 17.7. The quantitative estimate of drug-likeness (QED) is 0.137. The molecule has 0 spiro atoms. The topological polar surface area (TPSA) is 85.1 Å². The molecule has 0 bridgehead atoms. The lowest BCUT2D eigenvalue weighted by molar-refractivity contribution is -0.141. The second-order valence-electron chi connectivity index (χ2n) is 11.5. The molecule has 6 heteroatoms. The third kappa shape index (κ3) is 10.6. The van der Waals surface area contributed by atoms with E-state index in [1.54, 1.807) is 6.07 Å². The normalized spacial score (nSPS) is 18.7. The van der Waals surface area contributed by atoms with E-state index in [1.165, 1.54) is 64.2 Å². The lowest BCUT2D eigenvalue weighted by atomic mass is 9.69. The average Bonchev–Trinajstić information content (AvgIpc) is 2.99. The van der Waals surface area contributed by atoms with Crippen molar-refractivity contribution in [2.75, 3.05) is 6.61 Å². The van der Waals surface area contributed by atoms with Crippen molar-refractivity contribution < 1.29 is 14.3 Å². The second-order valence-corrected chi connectivity index (χ2v) is 11.5. The minimum absolute atomic E-state index is 0.184. The fourth-order valence-electron chi connectivity index (χ4n) is 5.58. The minimum atomic E-state index is -0.279. The van der Waals surface area contributed by atoms with E-state index >= 15 is 0 Å². The molecule has 1 heterocycles. The number of nitrogens with zero attached hydrogens (tertiary/aromatic N) is 3. The van der Waals surface area contributed by atoms with Gasteiger partial charge in [0.2, 0.25) is 5.88 Å². The number of aromatic nitrogens is 2. The number of hydrogen-bond acceptors (Lipinski definition) is 6. The maximum atomic E-state index is 12.8. The Balaban J connectivity index is 1.39. The largest absolute Gasteiger partial charge is 0.494 e. The van der Waals surface area contributed by atoms with Crippen LogP contribution >= 0.6 is 0 Å². The summed E-state index contributed by atoms with van der Waals surface area (Å²) in [7, 11) is 0. The van der Waals surface area contributed by atoms with Crippen LogP contribution in [0.4, 0.5) is 0 Å². The molecule has 40 heavy (non-hydrogen) atoms. The van der Waals surface area contributed by atoms with Crippen molar-refractivity contribution in [3.8, 4) is 29.0 Å². The van der Waals surface area contributed by atoms with Crippen LogP contribution in [0.15, 0.2) is 36.4 Å². The van der Waals surface area contributed by atoms with Crippen LogP contribution in [0.25, 0.3) is 11.3 Å². The van der Waals surface area contributed by atoms with Gasteiger partial charge in [0, 0.05) is 11.6 Å². The van der Waals surface area contributed by atoms with Gasteiger partial charge in [0.1, 0.15) is 5.75 Å². The van der Waals surface area contributed by atoms with Crippen molar-refractivity contribution in [1.29, 1.82) is 5.26 Å². The van der Waals surface area contributed by atoms with Gasteiger partial charge in [-0.1, -0.05) is 84.5 Å². The summed E-state index contributed by atoms with van der Waals surface area (Å²) < 4.78 is 11.5. The molecule has 1 aliphatic carbocycles. The zero-order chi connectivity index (χ0) is 28.5. The molecule has 0 N–H and O–H groups in total. The van der Waals surface area contributed by atoms with Crippen LogP contribution in [-0.2, 0) is 4.79 Å². The number of carbonyl (C=O) groups excluding carboxylic acids is 1. The molecule has 1 saturated carbocycles. The average molecular weight is 548 g/mol.